The Morgan fingerprint density at radius 2 is 1.60 bits per heavy atom. The molecule has 5 heavy (non-hydrogen) atoms. The predicted octanol–water partition coefficient (Wildman–Crippen LogP) is -1.98. The van der Waals surface area contributed by atoms with E-state index in [4.69, 9.17) is 0 Å². The molecule has 0 atom stereocenters. The van der Waals surface area contributed by atoms with E-state index in [2.05, 4.69) is 6.58 Å². The first-order valence-corrected chi connectivity index (χ1v) is 0.986. The van der Waals surface area contributed by atoms with Crippen molar-refractivity contribution < 1.29 is 35.0 Å². The normalized spacial score (nSPS) is 2.60. The van der Waals surface area contributed by atoms with Crippen LogP contribution in [0.5, 0.6) is 0 Å². The summed E-state index contributed by atoms with van der Waals surface area (Å²) in [6.45, 7) is 5.25. The summed E-state index contributed by atoms with van der Waals surface area (Å²) in [5.74, 6) is 0. The van der Waals surface area contributed by atoms with Crippen LogP contribution in [0.25, 0.3) is 0 Å². The number of hydrogen-bond donors (Lipinski definition) is 0. The van der Waals surface area contributed by atoms with Gasteiger partial charge >= 0.3 is 29.6 Å². The van der Waals surface area contributed by atoms with E-state index in [1.165, 1.54) is 0 Å². The molecular weight excluding hydrogens is 75.0 g/mol. The molecule has 0 spiro atoms. The van der Waals surface area contributed by atoms with Crippen LogP contribution in [0, 0.1) is 0 Å². The molecule has 0 aromatic rings. The Kier molecular flexibility index (Phi) is 76.9. The second-order valence-electron chi connectivity index (χ2n) is 0.408. The Morgan fingerprint density at radius 1 is 1.60 bits per heavy atom. The first kappa shape index (κ1) is 17.3. The van der Waals surface area contributed by atoms with Gasteiger partial charge in [0.05, 0.1) is 0 Å². The van der Waals surface area contributed by atoms with Crippen LogP contribution in [0.1, 0.15) is 6.92 Å². The van der Waals surface area contributed by atoms with Crippen LogP contribution in [0.4, 0.5) is 0 Å². The molecular formula is C3H7NaO. The van der Waals surface area contributed by atoms with Crippen LogP contribution < -0.4 is 29.6 Å². The fourth-order valence-corrected chi connectivity index (χ4v) is 0. The molecule has 26 valence electrons. The van der Waals surface area contributed by atoms with Crippen molar-refractivity contribution >= 4 is 0 Å². The maximum atomic E-state index is 3.36. The number of hydrogen-bond acceptors (Lipinski definition) is 1. The number of rotatable bonds is 0. The molecule has 0 aliphatic carbocycles. The van der Waals surface area contributed by atoms with Crippen molar-refractivity contribution in [2.45, 2.75) is 6.92 Å². The van der Waals surface area contributed by atoms with Gasteiger partial charge in [-0.2, -0.15) is 0 Å². The molecule has 1 nitrogen and oxygen atoms in total. The molecule has 0 fully saturated rings. The molecule has 0 unspecified atom stereocenters. The molecule has 1 N–H and O–H groups in total. The third-order valence-electron chi connectivity index (χ3n) is 0. The molecule has 0 saturated carbocycles. The van der Waals surface area contributed by atoms with Gasteiger partial charge in [0.1, 0.15) is 0 Å². The first-order valence-electron chi connectivity index (χ1n) is 0.986. The monoisotopic (exact) mass is 82.0 g/mol. The zero-order chi connectivity index (χ0) is 2.71. The molecule has 0 heterocycles. The van der Waals surface area contributed by atoms with E-state index in [0.717, 1.165) is 0 Å². The van der Waals surface area contributed by atoms with Gasteiger partial charge in [-0.25, -0.2) is 0 Å². The predicted molar refractivity (Wildman–Crippen MR) is 17.8 cm³/mol. The average Bonchev–Trinajstić information content (AvgIpc) is 0.918. The van der Waals surface area contributed by atoms with Gasteiger partial charge < -0.3 is 5.48 Å². The van der Waals surface area contributed by atoms with Crippen molar-refractivity contribution in [2.24, 2.45) is 0 Å². The molecule has 0 amide bonds. The Bertz CT molecular complexity index is 14.4. The molecule has 0 aliphatic heterocycles. The summed E-state index contributed by atoms with van der Waals surface area (Å²) in [7, 11) is 0. The van der Waals surface area contributed by atoms with Gasteiger partial charge in [0.2, 0.25) is 0 Å². The summed E-state index contributed by atoms with van der Waals surface area (Å²) in [4.78, 5) is 0. The van der Waals surface area contributed by atoms with Gasteiger partial charge in [0.25, 0.3) is 0 Å². The summed E-state index contributed by atoms with van der Waals surface area (Å²) < 4.78 is 0. The number of allylic oxidation sites excluding steroid dienone is 1. The Hall–Kier alpha value is 0.700. The Morgan fingerprint density at radius 3 is 1.60 bits per heavy atom. The third kappa shape index (κ3) is 69.9. The molecule has 0 aromatic carbocycles. The standard InChI is InChI=1S/C3H6.Na.H2O/c1-3-2;;/h3H,1H2,2H3;;1H2/q;+1;/p-1. The van der Waals surface area contributed by atoms with Crippen LogP contribution in [0.15, 0.2) is 12.7 Å². The van der Waals surface area contributed by atoms with Crippen LogP contribution >= 0.6 is 0 Å². The minimum absolute atomic E-state index is 0. The van der Waals surface area contributed by atoms with E-state index < -0.39 is 0 Å². The largest absolute Gasteiger partial charge is 1.00 e. The van der Waals surface area contributed by atoms with E-state index in [0.29, 0.717) is 0 Å². The minimum Gasteiger partial charge on any atom is -0.870 e. The second kappa shape index (κ2) is 22.3. The van der Waals surface area contributed by atoms with Crippen molar-refractivity contribution in [3.63, 3.8) is 0 Å². The molecule has 0 aromatic heterocycles. The zero-order valence-corrected chi connectivity index (χ0v) is 5.73. The van der Waals surface area contributed by atoms with Gasteiger partial charge in [0, 0.05) is 0 Å². The maximum Gasteiger partial charge on any atom is 1.00 e. The van der Waals surface area contributed by atoms with Gasteiger partial charge in [0.15, 0.2) is 0 Å². The summed E-state index contributed by atoms with van der Waals surface area (Å²) in [5.41, 5.74) is 0. The van der Waals surface area contributed by atoms with E-state index in [-0.39, 0.29) is 35.0 Å². The minimum atomic E-state index is 0. The molecule has 2 heteroatoms. The van der Waals surface area contributed by atoms with E-state index in [1.54, 1.807) is 6.08 Å². The summed E-state index contributed by atoms with van der Waals surface area (Å²) >= 11 is 0. The summed E-state index contributed by atoms with van der Waals surface area (Å²) in [5, 5.41) is 0. The van der Waals surface area contributed by atoms with Crippen LogP contribution in [-0.4, -0.2) is 5.48 Å². The Balaban J connectivity index is -0.0000000200. The average molecular weight is 82.1 g/mol. The fraction of sp³-hybridized carbons (Fsp3) is 0.333. The molecule has 0 aliphatic rings. The van der Waals surface area contributed by atoms with E-state index in [9.17, 15) is 0 Å². The van der Waals surface area contributed by atoms with Gasteiger partial charge in [-0.15, -0.1) is 6.58 Å². The third-order valence-corrected chi connectivity index (χ3v) is 0. The molecule has 0 rings (SSSR count). The topological polar surface area (TPSA) is 30.0 Å². The van der Waals surface area contributed by atoms with Crippen molar-refractivity contribution in [3.8, 4) is 0 Å². The summed E-state index contributed by atoms with van der Waals surface area (Å²) in [6, 6.07) is 0. The quantitative estimate of drug-likeness (QED) is 0.246. The van der Waals surface area contributed by atoms with E-state index in [1.807, 2.05) is 6.92 Å². The zero-order valence-electron chi connectivity index (χ0n) is 3.73. The van der Waals surface area contributed by atoms with Gasteiger partial charge in [-0.3, -0.25) is 0 Å². The van der Waals surface area contributed by atoms with Crippen molar-refractivity contribution in [1.29, 1.82) is 0 Å². The first-order chi connectivity index (χ1) is 1.41. The molecule has 0 saturated heterocycles. The fourth-order valence-electron chi connectivity index (χ4n) is 0. The van der Waals surface area contributed by atoms with Crippen LogP contribution in [0.2, 0.25) is 0 Å². The van der Waals surface area contributed by atoms with Crippen LogP contribution in [-0.2, 0) is 0 Å². The van der Waals surface area contributed by atoms with E-state index >= 15 is 0 Å². The van der Waals surface area contributed by atoms with Crippen LogP contribution in [0.3, 0.4) is 0 Å². The molecule has 0 bridgehead atoms. The summed E-state index contributed by atoms with van der Waals surface area (Å²) in [6.07, 6.45) is 1.75. The van der Waals surface area contributed by atoms with Gasteiger partial charge in [-0.1, -0.05) is 6.08 Å². The van der Waals surface area contributed by atoms with Crippen molar-refractivity contribution in [3.05, 3.63) is 12.7 Å². The molecule has 0 radical (unpaired) electrons. The maximum absolute atomic E-state index is 3.36. The van der Waals surface area contributed by atoms with Crippen molar-refractivity contribution in [1.82, 2.24) is 0 Å². The van der Waals surface area contributed by atoms with Gasteiger partial charge in [-0.05, 0) is 6.92 Å². The van der Waals surface area contributed by atoms with Crippen molar-refractivity contribution in [2.75, 3.05) is 0 Å². The SMILES string of the molecule is C=CC.[Na+].[OH-]. The second-order valence-corrected chi connectivity index (χ2v) is 0.408. The Labute approximate surface area is 54.7 Å². The smallest absolute Gasteiger partial charge is 0.870 e.